The van der Waals surface area contributed by atoms with E-state index in [0.717, 1.165) is 27.7 Å². The van der Waals surface area contributed by atoms with Crippen molar-refractivity contribution in [2.45, 2.75) is 6.92 Å². The SMILES string of the molecule is CCOc1ccc(NC(=O)c2csc3nc(-c4cccc(OC)c4)cn23)cc1. The van der Waals surface area contributed by atoms with Crippen LogP contribution in [0, 0.1) is 0 Å². The van der Waals surface area contributed by atoms with Gasteiger partial charge in [0.2, 0.25) is 0 Å². The Morgan fingerprint density at radius 1 is 1.18 bits per heavy atom. The van der Waals surface area contributed by atoms with Crippen LogP contribution >= 0.6 is 11.3 Å². The number of methoxy groups -OCH3 is 1. The number of benzene rings is 2. The fourth-order valence-corrected chi connectivity index (χ4v) is 3.72. The highest BCUT2D eigenvalue weighted by molar-refractivity contribution is 7.15. The lowest BCUT2D eigenvalue weighted by atomic mass is 10.1. The van der Waals surface area contributed by atoms with E-state index in [1.165, 1.54) is 11.3 Å². The highest BCUT2D eigenvalue weighted by Crippen LogP contribution is 2.26. The molecule has 4 aromatic rings. The Morgan fingerprint density at radius 2 is 2.00 bits per heavy atom. The van der Waals surface area contributed by atoms with Gasteiger partial charge in [-0.1, -0.05) is 12.1 Å². The lowest BCUT2D eigenvalue weighted by Crippen LogP contribution is -2.13. The summed E-state index contributed by atoms with van der Waals surface area (Å²) in [5.41, 5.74) is 2.98. The molecule has 1 amide bonds. The first-order chi connectivity index (χ1) is 13.7. The number of amides is 1. The molecule has 28 heavy (non-hydrogen) atoms. The Morgan fingerprint density at radius 3 is 2.75 bits per heavy atom. The fraction of sp³-hybridized carbons (Fsp3) is 0.143. The molecule has 6 nitrogen and oxygen atoms in total. The molecule has 0 saturated heterocycles. The minimum absolute atomic E-state index is 0.190. The molecular weight excluding hydrogens is 374 g/mol. The maximum absolute atomic E-state index is 12.7. The lowest BCUT2D eigenvalue weighted by molar-refractivity contribution is 0.102. The maximum Gasteiger partial charge on any atom is 0.273 e. The lowest BCUT2D eigenvalue weighted by Gasteiger charge is -2.06. The third-order valence-corrected chi connectivity index (χ3v) is 5.07. The van der Waals surface area contributed by atoms with Gasteiger partial charge in [-0.3, -0.25) is 9.20 Å². The third kappa shape index (κ3) is 3.57. The predicted octanol–water partition coefficient (Wildman–Crippen LogP) is 4.72. The zero-order chi connectivity index (χ0) is 19.5. The van der Waals surface area contributed by atoms with Crippen molar-refractivity contribution in [2.75, 3.05) is 19.0 Å². The summed E-state index contributed by atoms with van der Waals surface area (Å²) in [6.07, 6.45) is 1.87. The van der Waals surface area contributed by atoms with Crippen LogP contribution in [0.3, 0.4) is 0 Å². The molecule has 1 N–H and O–H groups in total. The van der Waals surface area contributed by atoms with Gasteiger partial charge in [-0.25, -0.2) is 4.98 Å². The van der Waals surface area contributed by atoms with Crippen molar-refractivity contribution >= 4 is 27.9 Å². The van der Waals surface area contributed by atoms with Crippen molar-refractivity contribution in [1.82, 2.24) is 9.38 Å². The zero-order valence-corrected chi connectivity index (χ0v) is 16.3. The number of nitrogens with one attached hydrogen (secondary N) is 1. The third-order valence-electron chi connectivity index (χ3n) is 4.23. The molecule has 4 rings (SSSR count). The number of nitrogens with zero attached hydrogens (tertiary/aromatic N) is 2. The van der Waals surface area contributed by atoms with Crippen molar-refractivity contribution in [1.29, 1.82) is 0 Å². The van der Waals surface area contributed by atoms with Gasteiger partial charge in [-0.2, -0.15) is 0 Å². The van der Waals surface area contributed by atoms with Gasteiger partial charge < -0.3 is 14.8 Å². The molecule has 0 aliphatic rings. The van der Waals surface area contributed by atoms with E-state index in [1.54, 1.807) is 7.11 Å². The number of thiazole rings is 1. The van der Waals surface area contributed by atoms with E-state index >= 15 is 0 Å². The van der Waals surface area contributed by atoms with Crippen molar-refractivity contribution in [3.63, 3.8) is 0 Å². The molecule has 0 aliphatic carbocycles. The summed E-state index contributed by atoms with van der Waals surface area (Å²) in [6, 6.07) is 15.0. The molecule has 0 unspecified atom stereocenters. The number of hydrogen-bond acceptors (Lipinski definition) is 5. The number of aromatic nitrogens is 2. The van der Waals surface area contributed by atoms with Gasteiger partial charge >= 0.3 is 0 Å². The number of fused-ring (bicyclic) bond motifs is 1. The molecule has 2 aromatic heterocycles. The number of anilines is 1. The summed E-state index contributed by atoms with van der Waals surface area (Å²) in [6.45, 7) is 2.54. The summed E-state index contributed by atoms with van der Waals surface area (Å²) >= 11 is 1.43. The molecule has 0 fully saturated rings. The topological polar surface area (TPSA) is 64.9 Å². The van der Waals surface area contributed by atoms with Gasteiger partial charge in [-0.05, 0) is 43.3 Å². The van der Waals surface area contributed by atoms with Crippen LogP contribution in [-0.4, -0.2) is 29.0 Å². The monoisotopic (exact) mass is 393 g/mol. The second-order valence-electron chi connectivity index (χ2n) is 6.04. The predicted molar refractivity (Wildman–Crippen MR) is 111 cm³/mol. The van der Waals surface area contributed by atoms with Gasteiger partial charge in [0.15, 0.2) is 4.96 Å². The fourth-order valence-electron chi connectivity index (χ4n) is 2.86. The van der Waals surface area contributed by atoms with Crippen LogP contribution in [-0.2, 0) is 0 Å². The summed E-state index contributed by atoms with van der Waals surface area (Å²) in [5.74, 6) is 1.35. The first-order valence-corrected chi connectivity index (χ1v) is 9.71. The number of imidazole rings is 1. The Labute approximate surface area is 166 Å². The van der Waals surface area contributed by atoms with Crippen molar-refractivity contribution < 1.29 is 14.3 Å². The minimum atomic E-state index is -0.190. The molecule has 0 atom stereocenters. The second-order valence-corrected chi connectivity index (χ2v) is 6.88. The molecule has 0 radical (unpaired) electrons. The molecule has 0 bridgehead atoms. The van der Waals surface area contributed by atoms with Crippen LogP contribution in [0.1, 0.15) is 17.4 Å². The van der Waals surface area contributed by atoms with Gasteiger partial charge in [0.1, 0.15) is 17.2 Å². The Kier molecular flexibility index (Phi) is 4.99. The van der Waals surface area contributed by atoms with Crippen molar-refractivity contribution in [2.24, 2.45) is 0 Å². The van der Waals surface area contributed by atoms with Crippen molar-refractivity contribution in [3.8, 4) is 22.8 Å². The average molecular weight is 393 g/mol. The number of rotatable bonds is 6. The van der Waals surface area contributed by atoms with E-state index in [1.807, 2.05) is 71.4 Å². The van der Waals surface area contributed by atoms with Crippen LogP contribution in [0.2, 0.25) is 0 Å². The highest BCUT2D eigenvalue weighted by atomic mass is 32.1. The van der Waals surface area contributed by atoms with E-state index in [4.69, 9.17) is 9.47 Å². The molecule has 7 heteroatoms. The average Bonchev–Trinajstić information content (AvgIpc) is 3.30. The first kappa shape index (κ1) is 18.1. The standard InChI is InChI=1S/C21H19N3O3S/c1-3-27-16-9-7-15(8-10-16)22-20(25)19-13-28-21-23-18(12-24(19)21)14-5-4-6-17(11-14)26-2/h4-13H,3H2,1-2H3,(H,22,25). The van der Waals surface area contributed by atoms with Gasteiger partial charge in [0.05, 0.1) is 19.4 Å². The van der Waals surface area contributed by atoms with Gasteiger partial charge in [-0.15, -0.1) is 11.3 Å². The van der Waals surface area contributed by atoms with E-state index in [0.29, 0.717) is 18.0 Å². The molecular formula is C21H19N3O3S. The molecule has 2 aromatic carbocycles. The highest BCUT2D eigenvalue weighted by Gasteiger charge is 2.16. The van der Waals surface area contributed by atoms with Gasteiger partial charge in [0, 0.05) is 22.8 Å². The molecule has 2 heterocycles. The maximum atomic E-state index is 12.7. The molecule has 0 saturated carbocycles. The molecule has 142 valence electrons. The van der Waals surface area contributed by atoms with Crippen LogP contribution in [0.25, 0.3) is 16.2 Å². The van der Waals surface area contributed by atoms with E-state index in [-0.39, 0.29) is 5.91 Å². The van der Waals surface area contributed by atoms with E-state index in [9.17, 15) is 4.79 Å². The molecule has 0 spiro atoms. The second kappa shape index (κ2) is 7.74. The summed E-state index contributed by atoms with van der Waals surface area (Å²) in [4.78, 5) is 18.1. The Hall–Kier alpha value is -3.32. The van der Waals surface area contributed by atoms with Crippen LogP contribution in [0.4, 0.5) is 5.69 Å². The Bertz CT molecular complexity index is 1120. The molecule has 0 aliphatic heterocycles. The minimum Gasteiger partial charge on any atom is -0.497 e. The first-order valence-electron chi connectivity index (χ1n) is 8.83. The quantitative estimate of drug-likeness (QED) is 0.515. The largest absolute Gasteiger partial charge is 0.497 e. The number of hydrogen-bond donors (Lipinski definition) is 1. The zero-order valence-electron chi connectivity index (χ0n) is 15.5. The van der Waals surface area contributed by atoms with Crippen LogP contribution in [0.15, 0.2) is 60.1 Å². The summed E-state index contributed by atoms with van der Waals surface area (Å²) < 4.78 is 12.5. The Balaban J connectivity index is 1.58. The normalized spacial score (nSPS) is 10.8. The van der Waals surface area contributed by atoms with Crippen LogP contribution < -0.4 is 14.8 Å². The summed E-state index contributed by atoms with van der Waals surface area (Å²) in [5, 5.41) is 4.72. The number of carbonyl (C=O) groups is 1. The van der Waals surface area contributed by atoms with Crippen molar-refractivity contribution in [3.05, 3.63) is 65.8 Å². The van der Waals surface area contributed by atoms with Gasteiger partial charge in [0.25, 0.3) is 5.91 Å². The van der Waals surface area contributed by atoms with Crippen LogP contribution in [0.5, 0.6) is 11.5 Å². The smallest absolute Gasteiger partial charge is 0.273 e. The van der Waals surface area contributed by atoms with E-state index in [2.05, 4.69) is 10.3 Å². The van der Waals surface area contributed by atoms with E-state index < -0.39 is 0 Å². The number of carbonyl (C=O) groups excluding carboxylic acids is 1. The number of ether oxygens (including phenoxy) is 2. The summed E-state index contributed by atoms with van der Waals surface area (Å²) in [7, 11) is 1.63.